The summed E-state index contributed by atoms with van der Waals surface area (Å²) in [6.45, 7) is 0. The largest absolute Gasteiger partial charge is 0.508 e. The number of aromatic hydroxyl groups is 1. The average Bonchev–Trinajstić information content (AvgIpc) is 2.29. The predicted octanol–water partition coefficient (Wildman–Crippen LogP) is 1.85. The Bertz CT molecular complexity index is 398. The summed E-state index contributed by atoms with van der Waals surface area (Å²) in [6, 6.07) is 6.86. The van der Waals surface area contributed by atoms with Crippen LogP contribution in [-0.2, 0) is 4.79 Å². The summed E-state index contributed by atoms with van der Waals surface area (Å²) >= 11 is 0. The molecule has 1 fully saturated rings. The molecule has 1 aromatic rings. The maximum atomic E-state index is 12.0. The molecule has 0 unspecified atom stereocenters. The molecule has 0 spiro atoms. The molecular formula is C13H18N2O2. The van der Waals surface area contributed by atoms with Crippen LogP contribution in [0.2, 0.25) is 0 Å². The van der Waals surface area contributed by atoms with E-state index in [-0.39, 0.29) is 23.6 Å². The SMILES string of the molecule is NC1CCC(C(=O)Nc2cccc(O)c2)CC1. The fourth-order valence-electron chi connectivity index (χ4n) is 2.21. The highest BCUT2D eigenvalue weighted by Gasteiger charge is 2.24. The zero-order valence-electron chi connectivity index (χ0n) is 9.73. The first-order valence-electron chi connectivity index (χ1n) is 6.00. The van der Waals surface area contributed by atoms with Crippen molar-refractivity contribution in [3.05, 3.63) is 24.3 Å². The maximum absolute atomic E-state index is 12.0. The Morgan fingerprint density at radius 2 is 2.00 bits per heavy atom. The lowest BCUT2D eigenvalue weighted by atomic mass is 9.86. The van der Waals surface area contributed by atoms with Gasteiger partial charge in [-0.15, -0.1) is 0 Å². The van der Waals surface area contributed by atoms with Crippen molar-refractivity contribution in [3.8, 4) is 5.75 Å². The highest BCUT2D eigenvalue weighted by atomic mass is 16.3. The van der Waals surface area contributed by atoms with Gasteiger partial charge in [0.1, 0.15) is 5.75 Å². The second kappa shape index (κ2) is 5.19. The lowest BCUT2D eigenvalue weighted by Gasteiger charge is -2.25. The van der Waals surface area contributed by atoms with E-state index >= 15 is 0 Å². The molecule has 1 saturated carbocycles. The summed E-state index contributed by atoms with van der Waals surface area (Å²) in [6.07, 6.45) is 3.54. The molecule has 1 aliphatic rings. The molecule has 4 heteroatoms. The number of phenols is 1. The third-order valence-electron chi connectivity index (χ3n) is 3.26. The number of benzene rings is 1. The molecule has 4 N–H and O–H groups in total. The van der Waals surface area contributed by atoms with Crippen LogP contribution in [-0.4, -0.2) is 17.1 Å². The van der Waals surface area contributed by atoms with Crippen LogP contribution in [0.15, 0.2) is 24.3 Å². The van der Waals surface area contributed by atoms with Gasteiger partial charge >= 0.3 is 0 Å². The van der Waals surface area contributed by atoms with Crippen molar-refractivity contribution in [2.24, 2.45) is 11.7 Å². The van der Waals surface area contributed by atoms with Gasteiger partial charge in [0.05, 0.1) is 0 Å². The number of carbonyl (C=O) groups excluding carboxylic acids is 1. The van der Waals surface area contributed by atoms with Crippen LogP contribution in [0, 0.1) is 5.92 Å². The average molecular weight is 234 g/mol. The van der Waals surface area contributed by atoms with E-state index < -0.39 is 0 Å². The van der Waals surface area contributed by atoms with Crippen molar-refractivity contribution in [2.45, 2.75) is 31.7 Å². The van der Waals surface area contributed by atoms with E-state index in [0.717, 1.165) is 25.7 Å². The fraction of sp³-hybridized carbons (Fsp3) is 0.462. The Hall–Kier alpha value is -1.55. The minimum absolute atomic E-state index is 0.0301. The monoisotopic (exact) mass is 234 g/mol. The minimum atomic E-state index is 0.0301. The highest BCUT2D eigenvalue weighted by Crippen LogP contribution is 2.25. The first-order chi connectivity index (χ1) is 8.15. The van der Waals surface area contributed by atoms with E-state index in [1.165, 1.54) is 0 Å². The van der Waals surface area contributed by atoms with Crippen molar-refractivity contribution in [3.63, 3.8) is 0 Å². The third kappa shape index (κ3) is 3.20. The molecule has 2 rings (SSSR count). The van der Waals surface area contributed by atoms with Gasteiger partial charge < -0.3 is 16.2 Å². The van der Waals surface area contributed by atoms with Crippen molar-refractivity contribution in [1.82, 2.24) is 0 Å². The number of nitrogens with two attached hydrogens (primary N) is 1. The van der Waals surface area contributed by atoms with E-state index in [0.29, 0.717) is 5.69 Å². The zero-order valence-corrected chi connectivity index (χ0v) is 9.73. The van der Waals surface area contributed by atoms with Gasteiger partial charge in [0.25, 0.3) is 0 Å². The normalized spacial score (nSPS) is 24.3. The van der Waals surface area contributed by atoms with Gasteiger partial charge in [-0.2, -0.15) is 0 Å². The van der Waals surface area contributed by atoms with Crippen molar-refractivity contribution < 1.29 is 9.90 Å². The van der Waals surface area contributed by atoms with Crippen LogP contribution < -0.4 is 11.1 Å². The number of carbonyl (C=O) groups is 1. The van der Waals surface area contributed by atoms with Crippen LogP contribution in [0.4, 0.5) is 5.69 Å². The molecular weight excluding hydrogens is 216 g/mol. The molecule has 1 amide bonds. The lowest BCUT2D eigenvalue weighted by molar-refractivity contribution is -0.120. The van der Waals surface area contributed by atoms with E-state index in [1.54, 1.807) is 24.3 Å². The van der Waals surface area contributed by atoms with Crippen LogP contribution >= 0.6 is 0 Å². The number of hydrogen-bond acceptors (Lipinski definition) is 3. The molecule has 92 valence electrons. The molecule has 1 aromatic carbocycles. The standard InChI is InChI=1S/C13H18N2O2/c14-10-6-4-9(5-7-10)13(17)15-11-2-1-3-12(16)8-11/h1-3,8-10,16H,4-7,14H2,(H,15,17). The summed E-state index contributed by atoms with van der Waals surface area (Å²) in [5.74, 6) is 0.244. The Morgan fingerprint density at radius 3 is 2.65 bits per heavy atom. The Balaban J connectivity index is 1.93. The quantitative estimate of drug-likeness (QED) is 0.731. The van der Waals surface area contributed by atoms with Gasteiger partial charge in [0.15, 0.2) is 0 Å². The van der Waals surface area contributed by atoms with Gasteiger partial charge in [-0.05, 0) is 37.8 Å². The molecule has 0 heterocycles. The van der Waals surface area contributed by atoms with Crippen LogP contribution in [0.5, 0.6) is 5.75 Å². The van der Waals surface area contributed by atoms with Crippen molar-refractivity contribution in [1.29, 1.82) is 0 Å². The van der Waals surface area contributed by atoms with Crippen LogP contribution in [0.1, 0.15) is 25.7 Å². The Labute approximate surface area is 101 Å². The molecule has 0 bridgehead atoms. The Morgan fingerprint density at radius 1 is 1.29 bits per heavy atom. The Kier molecular flexibility index (Phi) is 3.64. The third-order valence-corrected chi connectivity index (χ3v) is 3.26. The molecule has 17 heavy (non-hydrogen) atoms. The van der Waals surface area contributed by atoms with E-state index in [4.69, 9.17) is 5.73 Å². The molecule has 0 saturated heterocycles. The van der Waals surface area contributed by atoms with Crippen LogP contribution in [0.3, 0.4) is 0 Å². The second-order valence-electron chi connectivity index (χ2n) is 4.65. The fourth-order valence-corrected chi connectivity index (χ4v) is 2.21. The van der Waals surface area contributed by atoms with Gasteiger partial charge in [-0.25, -0.2) is 0 Å². The van der Waals surface area contributed by atoms with Crippen molar-refractivity contribution in [2.75, 3.05) is 5.32 Å². The second-order valence-corrected chi connectivity index (χ2v) is 4.65. The maximum Gasteiger partial charge on any atom is 0.227 e. The number of amides is 1. The summed E-state index contributed by atoms with van der Waals surface area (Å²) in [5, 5.41) is 12.1. The van der Waals surface area contributed by atoms with Crippen molar-refractivity contribution >= 4 is 11.6 Å². The topological polar surface area (TPSA) is 75.4 Å². The number of anilines is 1. The van der Waals surface area contributed by atoms with Gasteiger partial charge in [-0.3, -0.25) is 4.79 Å². The number of rotatable bonds is 2. The van der Waals surface area contributed by atoms with E-state index in [1.807, 2.05) is 0 Å². The number of phenolic OH excluding ortho intramolecular Hbond substituents is 1. The van der Waals surface area contributed by atoms with Crippen LogP contribution in [0.25, 0.3) is 0 Å². The molecule has 0 radical (unpaired) electrons. The van der Waals surface area contributed by atoms with E-state index in [2.05, 4.69) is 5.32 Å². The van der Waals surface area contributed by atoms with Gasteiger partial charge in [-0.1, -0.05) is 6.07 Å². The first-order valence-corrected chi connectivity index (χ1v) is 6.00. The molecule has 4 nitrogen and oxygen atoms in total. The zero-order chi connectivity index (χ0) is 12.3. The van der Waals surface area contributed by atoms with Gasteiger partial charge in [0, 0.05) is 23.7 Å². The number of nitrogens with one attached hydrogen (secondary N) is 1. The first kappa shape index (κ1) is 11.9. The van der Waals surface area contributed by atoms with E-state index in [9.17, 15) is 9.90 Å². The molecule has 0 atom stereocenters. The molecule has 1 aliphatic carbocycles. The van der Waals surface area contributed by atoms with Gasteiger partial charge in [0.2, 0.25) is 5.91 Å². The summed E-state index contributed by atoms with van der Waals surface area (Å²) in [4.78, 5) is 12.0. The summed E-state index contributed by atoms with van der Waals surface area (Å²) < 4.78 is 0. The molecule has 0 aliphatic heterocycles. The lowest BCUT2D eigenvalue weighted by Crippen LogP contribution is -2.32. The summed E-state index contributed by atoms with van der Waals surface area (Å²) in [7, 11) is 0. The summed E-state index contributed by atoms with van der Waals surface area (Å²) in [5.41, 5.74) is 6.45. The minimum Gasteiger partial charge on any atom is -0.508 e. The smallest absolute Gasteiger partial charge is 0.227 e. The highest BCUT2D eigenvalue weighted by molar-refractivity contribution is 5.92. The number of hydrogen-bond donors (Lipinski definition) is 3. The predicted molar refractivity (Wildman–Crippen MR) is 66.7 cm³/mol. The molecule has 0 aromatic heterocycles.